The molecule has 2 rings (SSSR count). The fourth-order valence-corrected chi connectivity index (χ4v) is 2.74. The summed E-state index contributed by atoms with van der Waals surface area (Å²) in [6.45, 7) is 3.31. The lowest BCUT2D eigenvalue weighted by molar-refractivity contribution is 0.347. The molecule has 0 spiro atoms. The number of rotatable bonds is 5. The van der Waals surface area contributed by atoms with E-state index in [9.17, 15) is 0 Å². The molecule has 1 aromatic rings. The van der Waals surface area contributed by atoms with Crippen molar-refractivity contribution in [1.29, 1.82) is 0 Å². The Morgan fingerprint density at radius 3 is 2.81 bits per heavy atom. The first-order chi connectivity index (χ1) is 7.83. The zero-order chi connectivity index (χ0) is 11.4. The first-order valence-electron chi connectivity index (χ1n) is 6.53. The van der Waals surface area contributed by atoms with E-state index >= 15 is 0 Å². The second-order valence-corrected chi connectivity index (χ2v) is 4.87. The predicted molar refractivity (Wildman–Crippen MR) is 66.2 cm³/mol. The van der Waals surface area contributed by atoms with Gasteiger partial charge in [-0.25, -0.2) is 4.98 Å². The van der Waals surface area contributed by atoms with E-state index in [-0.39, 0.29) is 0 Å². The molecule has 1 heterocycles. The van der Waals surface area contributed by atoms with Crippen molar-refractivity contribution < 1.29 is 0 Å². The number of hydrogen-bond donors (Lipinski definition) is 1. The van der Waals surface area contributed by atoms with Gasteiger partial charge in [-0.2, -0.15) is 0 Å². The minimum absolute atomic E-state index is 0.461. The van der Waals surface area contributed by atoms with Gasteiger partial charge in [0.25, 0.3) is 0 Å². The summed E-state index contributed by atoms with van der Waals surface area (Å²) in [5.41, 5.74) is 0. The maximum atomic E-state index is 4.51. The van der Waals surface area contributed by atoms with E-state index in [2.05, 4.69) is 28.8 Å². The summed E-state index contributed by atoms with van der Waals surface area (Å²) < 4.78 is 2.16. The molecule has 1 saturated carbocycles. The van der Waals surface area contributed by atoms with Crippen LogP contribution in [0.5, 0.6) is 0 Å². The van der Waals surface area contributed by atoms with Gasteiger partial charge in [-0.3, -0.25) is 0 Å². The topological polar surface area (TPSA) is 29.9 Å². The van der Waals surface area contributed by atoms with Gasteiger partial charge in [-0.1, -0.05) is 19.8 Å². The molecule has 1 N–H and O–H groups in total. The van der Waals surface area contributed by atoms with Crippen LogP contribution >= 0.6 is 0 Å². The van der Waals surface area contributed by atoms with Crippen LogP contribution in [0.2, 0.25) is 0 Å². The van der Waals surface area contributed by atoms with Crippen molar-refractivity contribution >= 4 is 0 Å². The van der Waals surface area contributed by atoms with Gasteiger partial charge in [-0.15, -0.1) is 0 Å². The van der Waals surface area contributed by atoms with E-state index in [1.54, 1.807) is 0 Å². The third kappa shape index (κ3) is 2.46. The molecule has 3 nitrogen and oxygen atoms in total. The van der Waals surface area contributed by atoms with E-state index in [0.717, 1.165) is 12.5 Å². The maximum absolute atomic E-state index is 4.51. The van der Waals surface area contributed by atoms with Crippen LogP contribution in [0.15, 0.2) is 12.4 Å². The zero-order valence-electron chi connectivity index (χ0n) is 10.4. The zero-order valence-corrected chi connectivity index (χ0v) is 10.4. The minimum atomic E-state index is 0.461. The molecule has 16 heavy (non-hydrogen) atoms. The Morgan fingerprint density at radius 2 is 2.25 bits per heavy atom. The quantitative estimate of drug-likeness (QED) is 0.828. The summed E-state index contributed by atoms with van der Waals surface area (Å²) in [5.74, 6) is 1.99. The number of aryl methyl sites for hydroxylation is 1. The second kappa shape index (κ2) is 5.48. The normalized spacial score (nSPS) is 19.1. The Balaban J connectivity index is 2.10. The molecule has 0 aromatic carbocycles. The van der Waals surface area contributed by atoms with Gasteiger partial charge in [0.2, 0.25) is 0 Å². The Kier molecular flexibility index (Phi) is 3.99. The first kappa shape index (κ1) is 11.6. The molecule has 0 bridgehead atoms. The monoisotopic (exact) mass is 221 g/mol. The van der Waals surface area contributed by atoms with Crippen molar-refractivity contribution in [3.63, 3.8) is 0 Å². The van der Waals surface area contributed by atoms with Gasteiger partial charge < -0.3 is 9.88 Å². The van der Waals surface area contributed by atoms with Crippen molar-refractivity contribution in [2.45, 2.75) is 45.1 Å². The molecule has 3 heteroatoms. The van der Waals surface area contributed by atoms with Crippen molar-refractivity contribution in [3.05, 3.63) is 18.2 Å². The molecule has 1 unspecified atom stereocenters. The Hall–Kier alpha value is -0.830. The van der Waals surface area contributed by atoms with Gasteiger partial charge in [0, 0.05) is 19.4 Å². The van der Waals surface area contributed by atoms with E-state index in [0.29, 0.717) is 6.04 Å². The molecule has 1 aromatic heterocycles. The fraction of sp³-hybridized carbons (Fsp3) is 0.769. The molecule has 0 saturated heterocycles. The van der Waals surface area contributed by atoms with Gasteiger partial charge in [0.15, 0.2) is 0 Å². The van der Waals surface area contributed by atoms with E-state index in [1.807, 2.05) is 12.4 Å². The van der Waals surface area contributed by atoms with Crippen LogP contribution in [0.4, 0.5) is 0 Å². The molecule has 90 valence electrons. The first-order valence-corrected chi connectivity index (χ1v) is 6.53. The smallest absolute Gasteiger partial charge is 0.125 e. The predicted octanol–water partition coefficient (Wildman–Crippen LogP) is 2.65. The third-order valence-corrected chi connectivity index (χ3v) is 3.62. The summed E-state index contributed by atoms with van der Waals surface area (Å²) in [6, 6.07) is 0.461. The molecule has 1 atom stereocenters. The van der Waals surface area contributed by atoms with Crippen molar-refractivity contribution in [2.24, 2.45) is 13.0 Å². The number of nitrogens with one attached hydrogen (secondary N) is 1. The molecule has 1 fully saturated rings. The lowest BCUT2D eigenvalue weighted by atomic mass is 9.97. The average Bonchev–Trinajstić information content (AvgIpc) is 2.91. The van der Waals surface area contributed by atoms with Crippen LogP contribution in [0, 0.1) is 5.92 Å². The molecule has 0 amide bonds. The van der Waals surface area contributed by atoms with Gasteiger partial charge >= 0.3 is 0 Å². The summed E-state index contributed by atoms with van der Waals surface area (Å²) in [4.78, 5) is 4.51. The fourth-order valence-electron chi connectivity index (χ4n) is 2.74. The molecular formula is C13H23N3. The highest BCUT2D eigenvalue weighted by Gasteiger charge is 2.28. The third-order valence-electron chi connectivity index (χ3n) is 3.62. The highest BCUT2D eigenvalue weighted by atomic mass is 15.1. The molecular weight excluding hydrogens is 198 g/mol. The van der Waals surface area contributed by atoms with Crippen molar-refractivity contribution in [1.82, 2.24) is 14.9 Å². The Morgan fingerprint density at radius 1 is 1.50 bits per heavy atom. The maximum Gasteiger partial charge on any atom is 0.125 e. The SMILES string of the molecule is CCCNC(c1nccn1C)C1CCCC1. The van der Waals surface area contributed by atoms with Crippen LogP contribution in [0.3, 0.4) is 0 Å². The van der Waals surface area contributed by atoms with Gasteiger partial charge in [-0.05, 0) is 31.7 Å². The van der Waals surface area contributed by atoms with Crippen LogP contribution < -0.4 is 5.32 Å². The highest BCUT2D eigenvalue weighted by Crippen LogP contribution is 2.34. The Labute approximate surface area is 98.3 Å². The van der Waals surface area contributed by atoms with Crippen LogP contribution in [0.25, 0.3) is 0 Å². The van der Waals surface area contributed by atoms with Gasteiger partial charge in [0.1, 0.15) is 5.82 Å². The minimum Gasteiger partial charge on any atom is -0.337 e. The van der Waals surface area contributed by atoms with Crippen LogP contribution in [-0.4, -0.2) is 16.1 Å². The summed E-state index contributed by atoms with van der Waals surface area (Å²) in [5, 5.41) is 3.67. The highest BCUT2D eigenvalue weighted by molar-refractivity contribution is 5.02. The number of hydrogen-bond acceptors (Lipinski definition) is 2. The number of aromatic nitrogens is 2. The lowest BCUT2D eigenvalue weighted by Gasteiger charge is -2.24. The second-order valence-electron chi connectivity index (χ2n) is 4.87. The van der Waals surface area contributed by atoms with Crippen molar-refractivity contribution in [2.75, 3.05) is 6.54 Å². The van der Waals surface area contributed by atoms with E-state index < -0.39 is 0 Å². The number of imidazole rings is 1. The van der Waals surface area contributed by atoms with E-state index in [1.165, 1.54) is 37.9 Å². The van der Waals surface area contributed by atoms with Gasteiger partial charge in [0.05, 0.1) is 6.04 Å². The molecule has 1 aliphatic rings. The van der Waals surface area contributed by atoms with Crippen LogP contribution in [-0.2, 0) is 7.05 Å². The average molecular weight is 221 g/mol. The number of nitrogens with zero attached hydrogens (tertiary/aromatic N) is 2. The largest absolute Gasteiger partial charge is 0.337 e. The van der Waals surface area contributed by atoms with Crippen LogP contribution in [0.1, 0.15) is 50.9 Å². The van der Waals surface area contributed by atoms with E-state index in [4.69, 9.17) is 0 Å². The standard InChI is InChI=1S/C13H23N3/c1-3-8-14-12(11-6-4-5-7-11)13-15-9-10-16(13)2/h9-12,14H,3-8H2,1-2H3. The Bertz CT molecular complexity index is 313. The molecule has 1 aliphatic carbocycles. The van der Waals surface area contributed by atoms with Crippen molar-refractivity contribution in [3.8, 4) is 0 Å². The summed E-state index contributed by atoms with van der Waals surface area (Å²) in [6.07, 6.45) is 10.6. The molecule has 0 aliphatic heterocycles. The molecule has 0 radical (unpaired) electrons. The summed E-state index contributed by atoms with van der Waals surface area (Å²) >= 11 is 0. The summed E-state index contributed by atoms with van der Waals surface area (Å²) in [7, 11) is 2.10. The lowest BCUT2D eigenvalue weighted by Crippen LogP contribution is -2.30.